The van der Waals surface area contributed by atoms with Gasteiger partial charge in [-0.15, -0.1) is 24.0 Å². The smallest absolute Gasteiger partial charge is 0.193 e. The lowest BCUT2D eigenvalue weighted by Crippen LogP contribution is -2.22. The molecule has 3 N–H and O–H groups in total. The molecule has 1 aromatic carbocycles. The van der Waals surface area contributed by atoms with Gasteiger partial charge in [-0.1, -0.05) is 25.4 Å². The largest absolute Gasteiger partial charge is 0.495 e. The number of nitrogens with two attached hydrogens (primary N) is 1. The van der Waals surface area contributed by atoms with Crippen LogP contribution in [0.25, 0.3) is 0 Å². The zero-order valence-corrected chi connectivity index (χ0v) is 18.1. The summed E-state index contributed by atoms with van der Waals surface area (Å²) in [7, 11) is 3.54. The van der Waals surface area contributed by atoms with Gasteiger partial charge in [-0.2, -0.15) is 5.10 Å². The zero-order valence-electron chi connectivity index (χ0n) is 15.0. The standard InChI is InChI=1S/C17H24ClN5O.HI/c1-5-14-12(15(6-2)23(3)22-14)10-20-17(19)21-11-7-8-16(24-4)13(18)9-11;/h7-9H,5-6,10H2,1-4H3,(H3,19,20,21);1H. The summed E-state index contributed by atoms with van der Waals surface area (Å²) in [6.45, 7) is 4.71. The van der Waals surface area contributed by atoms with Gasteiger partial charge in [0.2, 0.25) is 0 Å². The Morgan fingerprint density at radius 3 is 2.64 bits per heavy atom. The molecule has 0 aliphatic rings. The third-order valence-corrected chi connectivity index (χ3v) is 4.15. The minimum absolute atomic E-state index is 0. The highest BCUT2D eigenvalue weighted by atomic mass is 127. The van der Waals surface area contributed by atoms with Gasteiger partial charge in [0.1, 0.15) is 5.75 Å². The Morgan fingerprint density at radius 1 is 1.36 bits per heavy atom. The predicted molar refractivity (Wildman–Crippen MR) is 114 cm³/mol. The van der Waals surface area contributed by atoms with Crippen LogP contribution in [-0.4, -0.2) is 22.8 Å². The Bertz CT molecular complexity index is 745. The van der Waals surface area contributed by atoms with E-state index in [1.807, 2.05) is 17.8 Å². The molecular weight excluding hydrogens is 453 g/mol. The molecule has 25 heavy (non-hydrogen) atoms. The van der Waals surface area contributed by atoms with E-state index in [1.165, 1.54) is 5.69 Å². The molecule has 0 unspecified atom stereocenters. The summed E-state index contributed by atoms with van der Waals surface area (Å²) in [4.78, 5) is 4.45. The van der Waals surface area contributed by atoms with Crippen LogP contribution in [0.4, 0.5) is 5.69 Å². The highest BCUT2D eigenvalue weighted by Crippen LogP contribution is 2.27. The van der Waals surface area contributed by atoms with Gasteiger partial charge in [0.15, 0.2) is 5.96 Å². The van der Waals surface area contributed by atoms with E-state index in [4.69, 9.17) is 22.1 Å². The number of guanidine groups is 1. The number of hydrogen-bond acceptors (Lipinski definition) is 3. The normalized spacial score (nSPS) is 11.2. The second-order valence-corrected chi connectivity index (χ2v) is 5.79. The van der Waals surface area contributed by atoms with Crippen molar-refractivity contribution in [3.63, 3.8) is 0 Å². The maximum atomic E-state index is 6.11. The van der Waals surface area contributed by atoms with Gasteiger partial charge in [-0.05, 0) is 31.0 Å². The summed E-state index contributed by atoms with van der Waals surface area (Å²) >= 11 is 6.11. The Kier molecular flexibility index (Phi) is 8.51. The molecule has 0 saturated carbocycles. The second kappa shape index (κ2) is 9.86. The van der Waals surface area contributed by atoms with Crippen molar-refractivity contribution in [2.45, 2.75) is 33.2 Å². The number of nitrogens with one attached hydrogen (secondary N) is 1. The molecule has 0 amide bonds. The second-order valence-electron chi connectivity index (χ2n) is 5.38. The molecule has 0 aliphatic heterocycles. The average molecular weight is 478 g/mol. The van der Waals surface area contributed by atoms with E-state index in [1.54, 1.807) is 19.2 Å². The molecule has 1 heterocycles. The molecule has 1 aromatic heterocycles. The molecule has 0 aliphatic carbocycles. The Morgan fingerprint density at radius 2 is 2.08 bits per heavy atom. The number of rotatable bonds is 6. The summed E-state index contributed by atoms with van der Waals surface area (Å²) in [5.74, 6) is 0.956. The van der Waals surface area contributed by atoms with Gasteiger partial charge in [0.25, 0.3) is 0 Å². The van der Waals surface area contributed by atoms with Crippen molar-refractivity contribution >= 4 is 47.2 Å². The summed E-state index contributed by atoms with van der Waals surface area (Å²) in [6, 6.07) is 5.37. The molecular formula is C17H25ClIN5O. The topological polar surface area (TPSA) is 77.5 Å². The number of aryl methyl sites for hydroxylation is 2. The van der Waals surface area contributed by atoms with Crippen LogP contribution in [0.5, 0.6) is 5.75 Å². The predicted octanol–water partition coefficient (Wildman–Crippen LogP) is 3.75. The Hall–Kier alpha value is -1.48. The van der Waals surface area contributed by atoms with Crippen molar-refractivity contribution in [3.05, 3.63) is 40.2 Å². The fourth-order valence-electron chi connectivity index (χ4n) is 2.67. The maximum absolute atomic E-state index is 6.11. The van der Waals surface area contributed by atoms with Crippen LogP contribution in [0.3, 0.4) is 0 Å². The number of aliphatic imine (C=N–C) groups is 1. The minimum atomic E-state index is 0. The third kappa shape index (κ3) is 5.24. The van der Waals surface area contributed by atoms with Crippen molar-refractivity contribution in [2.75, 3.05) is 12.4 Å². The monoisotopic (exact) mass is 477 g/mol. The van der Waals surface area contributed by atoms with Crippen LogP contribution in [0.15, 0.2) is 23.2 Å². The molecule has 0 radical (unpaired) electrons. The summed E-state index contributed by atoms with van der Waals surface area (Å²) in [5, 5.41) is 8.11. The third-order valence-electron chi connectivity index (χ3n) is 3.86. The van der Waals surface area contributed by atoms with Crippen molar-refractivity contribution in [1.82, 2.24) is 9.78 Å². The number of nitrogens with zero attached hydrogens (tertiary/aromatic N) is 3. The Labute approximate surface area is 170 Å². The maximum Gasteiger partial charge on any atom is 0.193 e. The van der Waals surface area contributed by atoms with Crippen LogP contribution < -0.4 is 15.8 Å². The van der Waals surface area contributed by atoms with Crippen molar-refractivity contribution in [2.24, 2.45) is 17.8 Å². The van der Waals surface area contributed by atoms with E-state index in [0.717, 1.165) is 29.8 Å². The zero-order chi connectivity index (χ0) is 17.7. The van der Waals surface area contributed by atoms with Gasteiger partial charge in [-0.25, -0.2) is 4.99 Å². The molecule has 6 nitrogen and oxygen atoms in total. The highest BCUT2D eigenvalue weighted by molar-refractivity contribution is 14.0. The fraction of sp³-hybridized carbons (Fsp3) is 0.412. The number of halogens is 2. The molecule has 0 saturated heterocycles. The molecule has 8 heteroatoms. The van der Waals surface area contributed by atoms with E-state index in [2.05, 4.69) is 29.3 Å². The fourth-order valence-corrected chi connectivity index (χ4v) is 2.93. The molecule has 2 aromatic rings. The van der Waals surface area contributed by atoms with Gasteiger partial charge in [0.05, 0.1) is 24.4 Å². The number of anilines is 1. The summed E-state index contributed by atoms with van der Waals surface area (Å²) in [6.07, 6.45) is 1.79. The lowest BCUT2D eigenvalue weighted by atomic mass is 10.1. The number of hydrogen-bond donors (Lipinski definition) is 2. The van der Waals surface area contributed by atoms with Crippen LogP contribution in [0, 0.1) is 0 Å². The molecule has 2 rings (SSSR count). The first kappa shape index (κ1) is 21.6. The highest BCUT2D eigenvalue weighted by Gasteiger charge is 2.13. The van der Waals surface area contributed by atoms with Gasteiger partial charge >= 0.3 is 0 Å². The van der Waals surface area contributed by atoms with Crippen molar-refractivity contribution in [3.8, 4) is 5.75 Å². The summed E-state index contributed by atoms with van der Waals surface area (Å²) < 4.78 is 7.06. The van der Waals surface area contributed by atoms with Gasteiger partial charge in [-0.3, -0.25) is 4.68 Å². The first-order chi connectivity index (χ1) is 11.5. The van der Waals surface area contributed by atoms with Crippen molar-refractivity contribution < 1.29 is 4.74 Å². The molecule has 0 atom stereocenters. The molecule has 0 spiro atoms. The number of methoxy groups -OCH3 is 1. The first-order valence-electron chi connectivity index (χ1n) is 7.94. The lowest BCUT2D eigenvalue weighted by molar-refractivity contribution is 0.415. The molecule has 0 fully saturated rings. The number of ether oxygens (including phenoxy) is 1. The Balaban J connectivity index is 0.00000312. The van der Waals surface area contributed by atoms with Gasteiger partial charge in [0, 0.05) is 24.0 Å². The van der Waals surface area contributed by atoms with Gasteiger partial charge < -0.3 is 15.8 Å². The van der Waals surface area contributed by atoms with E-state index in [-0.39, 0.29) is 24.0 Å². The minimum Gasteiger partial charge on any atom is -0.495 e. The lowest BCUT2D eigenvalue weighted by Gasteiger charge is -2.09. The van der Waals surface area contributed by atoms with Crippen molar-refractivity contribution in [1.29, 1.82) is 0 Å². The number of benzene rings is 1. The quantitative estimate of drug-likeness (QED) is 0.377. The van der Waals surface area contributed by atoms with E-state index < -0.39 is 0 Å². The summed E-state index contributed by atoms with van der Waals surface area (Å²) in [5.41, 5.74) is 10.2. The average Bonchev–Trinajstić information content (AvgIpc) is 2.88. The first-order valence-corrected chi connectivity index (χ1v) is 8.32. The van der Waals surface area contributed by atoms with Crippen LogP contribution in [-0.2, 0) is 26.4 Å². The van der Waals surface area contributed by atoms with E-state index in [9.17, 15) is 0 Å². The SMILES string of the molecule is CCc1nn(C)c(CC)c1CN=C(N)Nc1ccc(OC)c(Cl)c1.I. The van der Waals surface area contributed by atoms with Crippen LogP contribution >= 0.6 is 35.6 Å². The number of aromatic nitrogens is 2. The van der Waals surface area contributed by atoms with E-state index >= 15 is 0 Å². The van der Waals surface area contributed by atoms with E-state index in [0.29, 0.717) is 23.3 Å². The van der Waals surface area contributed by atoms with Crippen LogP contribution in [0.1, 0.15) is 30.8 Å². The molecule has 0 bridgehead atoms. The van der Waals surface area contributed by atoms with Crippen LogP contribution in [0.2, 0.25) is 5.02 Å². The molecule has 138 valence electrons.